The van der Waals surface area contributed by atoms with Crippen LogP contribution in [0, 0.1) is 10.5 Å². The van der Waals surface area contributed by atoms with E-state index in [4.69, 9.17) is 28.4 Å². The molecule has 0 amide bonds. The van der Waals surface area contributed by atoms with Crippen LogP contribution in [-0.2, 0) is 41.8 Å². The van der Waals surface area contributed by atoms with E-state index in [1.54, 1.807) is 6.07 Å². The largest absolute Gasteiger partial charge is 0.486 e. The van der Waals surface area contributed by atoms with Crippen LogP contribution in [0.15, 0.2) is 60.2 Å². The summed E-state index contributed by atoms with van der Waals surface area (Å²) in [7, 11) is 0. The van der Waals surface area contributed by atoms with Crippen molar-refractivity contribution in [3.05, 3.63) is 80.5 Å². The number of ether oxygens (including phenoxy) is 6. The van der Waals surface area contributed by atoms with Crippen LogP contribution < -0.4 is 9.47 Å². The smallest absolute Gasteiger partial charge is 0.302 e. The Morgan fingerprint density at radius 1 is 0.821 bits per heavy atom. The number of carbonyl (C=O) groups excluding carboxylic acids is 2. The van der Waals surface area contributed by atoms with Gasteiger partial charge in [-0.3, -0.25) is 9.59 Å². The number of benzene rings is 2. The van der Waals surface area contributed by atoms with Crippen LogP contribution in [0.1, 0.15) is 37.5 Å². The molecule has 0 unspecified atom stereocenters. The Kier molecular flexibility index (Phi) is 14.6. The van der Waals surface area contributed by atoms with Gasteiger partial charge in [-0.15, -0.1) is 0 Å². The first-order valence-corrected chi connectivity index (χ1v) is 13.6. The molecule has 0 fully saturated rings. The van der Waals surface area contributed by atoms with Gasteiger partial charge in [0.1, 0.15) is 26.4 Å². The van der Waals surface area contributed by atoms with E-state index in [1.165, 1.54) is 23.0 Å². The Balaban J connectivity index is 1.90. The molecule has 0 saturated heterocycles. The molecule has 0 aromatic heterocycles. The summed E-state index contributed by atoms with van der Waals surface area (Å²) in [5.41, 5.74) is 4.82. The van der Waals surface area contributed by atoms with Gasteiger partial charge in [0.2, 0.25) is 0 Å². The van der Waals surface area contributed by atoms with Crippen molar-refractivity contribution in [2.45, 2.75) is 40.9 Å². The van der Waals surface area contributed by atoms with Gasteiger partial charge in [0.15, 0.2) is 11.5 Å². The monoisotopic (exact) mass is 652 g/mol. The molecule has 0 heterocycles. The Hall–Kier alpha value is -2.89. The third kappa shape index (κ3) is 12.7. The summed E-state index contributed by atoms with van der Waals surface area (Å²) < 4.78 is 34.5. The Bertz CT molecular complexity index is 1140. The van der Waals surface area contributed by atoms with Crippen molar-refractivity contribution in [3.63, 3.8) is 0 Å². The first-order chi connectivity index (χ1) is 18.7. The van der Waals surface area contributed by atoms with Gasteiger partial charge in [-0.05, 0) is 70.8 Å². The standard InChI is InChI=1S/C30H37IO8/c1-21(16-22(2)18-35-20-27-8-6-7-9-28(27)31)17-34-19-26-10-11-29(38-14-12-36-24(4)32)30(23(26)3)39-15-13-37-25(5)33/h6-11,16H,1,12-15,17-20H2,2-5H3/b22-16+. The van der Waals surface area contributed by atoms with Gasteiger partial charge in [-0.25, -0.2) is 0 Å². The lowest BCUT2D eigenvalue weighted by Crippen LogP contribution is -2.13. The molecule has 0 N–H and O–H groups in total. The Morgan fingerprint density at radius 2 is 1.44 bits per heavy atom. The van der Waals surface area contributed by atoms with Crippen LogP contribution in [0.25, 0.3) is 0 Å². The fraction of sp³-hybridized carbons (Fsp3) is 0.400. The van der Waals surface area contributed by atoms with Crippen molar-refractivity contribution in [2.24, 2.45) is 0 Å². The summed E-state index contributed by atoms with van der Waals surface area (Å²) in [6.07, 6.45) is 1.98. The summed E-state index contributed by atoms with van der Waals surface area (Å²) in [4.78, 5) is 22.1. The number of halogens is 1. The van der Waals surface area contributed by atoms with Crippen LogP contribution in [0.2, 0.25) is 0 Å². The Morgan fingerprint density at radius 3 is 2.10 bits per heavy atom. The highest BCUT2D eigenvalue weighted by atomic mass is 127. The van der Waals surface area contributed by atoms with Crippen molar-refractivity contribution >= 4 is 34.5 Å². The second kappa shape index (κ2) is 17.6. The number of hydrogen-bond acceptors (Lipinski definition) is 8. The van der Waals surface area contributed by atoms with E-state index in [0.29, 0.717) is 37.9 Å². The van der Waals surface area contributed by atoms with E-state index < -0.39 is 0 Å². The predicted octanol–water partition coefficient (Wildman–Crippen LogP) is 5.72. The van der Waals surface area contributed by atoms with E-state index in [9.17, 15) is 9.59 Å². The summed E-state index contributed by atoms with van der Waals surface area (Å²) >= 11 is 2.31. The molecule has 0 atom stereocenters. The molecule has 9 heteroatoms. The molecule has 0 saturated carbocycles. The van der Waals surface area contributed by atoms with Crippen molar-refractivity contribution in [3.8, 4) is 11.5 Å². The van der Waals surface area contributed by atoms with Crippen LogP contribution in [-0.4, -0.2) is 51.6 Å². The summed E-state index contributed by atoms with van der Waals surface area (Å²) in [6.45, 7) is 13.0. The van der Waals surface area contributed by atoms with Gasteiger partial charge in [0, 0.05) is 23.0 Å². The minimum atomic E-state index is -0.377. The quantitative estimate of drug-likeness (QED) is 0.0929. The normalized spacial score (nSPS) is 11.2. The zero-order valence-corrected chi connectivity index (χ0v) is 25.2. The lowest BCUT2D eigenvalue weighted by Gasteiger charge is -2.18. The maximum absolute atomic E-state index is 11.1. The summed E-state index contributed by atoms with van der Waals surface area (Å²) in [5.74, 6) is 0.267. The zero-order chi connectivity index (χ0) is 28.6. The van der Waals surface area contributed by atoms with E-state index in [1.807, 2.05) is 38.1 Å². The van der Waals surface area contributed by atoms with Crippen LogP contribution in [0.3, 0.4) is 0 Å². The van der Waals surface area contributed by atoms with Gasteiger partial charge < -0.3 is 28.4 Å². The first kappa shape index (κ1) is 32.3. The van der Waals surface area contributed by atoms with Gasteiger partial charge in [0.05, 0.1) is 26.4 Å². The van der Waals surface area contributed by atoms with Gasteiger partial charge >= 0.3 is 11.9 Å². The third-order valence-electron chi connectivity index (χ3n) is 5.30. The van der Waals surface area contributed by atoms with Gasteiger partial charge in [-0.2, -0.15) is 0 Å². The SMILES string of the molecule is C=C(/C=C(\C)COCc1ccccc1I)COCc1ccc(OCCOC(C)=O)c(OCCOC(C)=O)c1C. The van der Waals surface area contributed by atoms with E-state index in [0.717, 1.165) is 22.3 Å². The highest BCUT2D eigenvalue weighted by Gasteiger charge is 2.14. The molecule has 39 heavy (non-hydrogen) atoms. The van der Waals surface area contributed by atoms with Crippen LogP contribution in [0.4, 0.5) is 0 Å². The average molecular weight is 653 g/mol. The Labute approximate surface area is 244 Å². The molecule has 8 nitrogen and oxygen atoms in total. The molecule has 2 aromatic carbocycles. The lowest BCUT2D eigenvalue weighted by molar-refractivity contribution is -0.142. The first-order valence-electron chi connectivity index (χ1n) is 12.6. The molecule has 0 aliphatic rings. The number of hydrogen-bond donors (Lipinski definition) is 0. The molecule has 2 rings (SSSR count). The summed E-state index contributed by atoms with van der Waals surface area (Å²) in [6, 6.07) is 11.8. The van der Waals surface area contributed by atoms with Gasteiger partial charge in [0.25, 0.3) is 0 Å². The molecule has 0 aliphatic heterocycles. The molecule has 0 radical (unpaired) electrons. The lowest BCUT2D eigenvalue weighted by atomic mass is 10.1. The molecule has 2 aromatic rings. The van der Waals surface area contributed by atoms with Crippen molar-refractivity contribution < 1.29 is 38.0 Å². The van der Waals surface area contributed by atoms with Gasteiger partial charge in [-0.1, -0.05) is 36.9 Å². The average Bonchev–Trinajstić information content (AvgIpc) is 2.87. The second-order valence-electron chi connectivity index (χ2n) is 8.78. The zero-order valence-electron chi connectivity index (χ0n) is 23.0. The molecular formula is C30H37IO8. The molecule has 0 aliphatic carbocycles. The van der Waals surface area contributed by atoms with Crippen molar-refractivity contribution in [1.29, 1.82) is 0 Å². The van der Waals surface area contributed by atoms with Crippen LogP contribution in [0.5, 0.6) is 11.5 Å². The maximum Gasteiger partial charge on any atom is 0.302 e. The van der Waals surface area contributed by atoms with Crippen molar-refractivity contribution in [2.75, 3.05) is 39.6 Å². The highest BCUT2D eigenvalue weighted by molar-refractivity contribution is 14.1. The van der Waals surface area contributed by atoms with Crippen LogP contribution >= 0.6 is 22.6 Å². The fourth-order valence-corrected chi connectivity index (χ4v) is 4.03. The highest BCUT2D eigenvalue weighted by Crippen LogP contribution is 2.34. The molecule has 212 valence electrons. The molecule has 0 bridgehead atoms. The summed E-state index contributed by atoms with van der Waals surface area (Å²) in [5, 5.41) is 0. The number of esters is 2. The van der Waals surface area contributed by atoms with E-state index >= 15 is 0 Å². The third-order valence-corrected chi connectivity index (χ3v) is 6.36. The van der Waals surface area contributed by atoms with E-state index in [2.05, 4.69) is 41.3 Å². The topological polar surface area (TPSA) is 89.5 Å². The minimum Gasteiger partial charge on any atom is -0.486 e. The number of carbonyl (C=O) groups is 2. The minimum absolute atomic E-state index is 0.113. The maximum atomic E-state index is 11.1. The van der Waals surface area contributed by atoms with E-state index in [-0.39, 0.29) is 38.4 Å². The number of rotatable bonds is 17. The van der Waals surface area contributed by atoms with Crippen molar-refractivity contribution in [1.82, 2.24) is 0 Å². The molecule has 0 spiro atoms. The second-order valence-corrected chi connectivity index (χ2v) is 9.94. The predicted molar refractivity (Wildman–Crippen MR) is 157 cm³/mol. The fourth-order valence-electron chi connectivity index (χ4n) is 3.48. The molecular weight excluding hydrogens is 615 g/mol.